The number of aryl methyl sites for hydroxylation is 1. The number of hydrogen-bond acceptors (Lipinski definition) is 8. The van der Waals surface area contributed by atoms with E-state index < -0.39 is 12.3 Å². The van der Waals surface area contributed by atoms with Crippen molar-refractivity contribution in [2.75, 3.05) is 67.7 Å². The Kier molecular flexibility index (Phi) is 16.7. The molecule has 0 saturated heterocycles. The van der Waals surface area contributed by atoms with Crippen LogP contribution >= 0.6 is 0 Å². The predicted molar refractivity (Wildman–Crippen MR) is 174 cm³/mol. The van der Waals surface area contributed by atoms with Gasteiger partial charge >= 0.3 is 5.97 Å². The van der Waals surface area contributed by atoms with E-state index in [4.69, 9.17) is 18.9 Å². The topological polar surface area (TPSA) is 80.7 Å². The Balaban J connectivity index is 2.05. The number of aliphatic hydroxyl groups is 1. The fourth-order valence-electron chi connectivity index (χ4n) is 4.57. The summed E-state index contributed by atoms with van der Waals surface area (Å²) in [6.45, 7) is 11.8. The minimum atomic E-state index is -1.03. The van der Waals surface area contributed by atoms with Crippen LogP contribution in [0.3, 0.4) is 0 Å². The largest absolute Gasteiger partial charge is 0.491 e. The third-order valence-electron chi connectivity index (χ3n) is 6.65. The van der Waals surface area contributed by atoms with Crippen LogP contribution in [0, 0.1) is 0 Å². The number of aliphatic hydroxyl groups excluding tert-OH is 1. The van der Waals surface area contributed by atoms with Gasteiger partial charge in [-0.3, -0.25) is 0 Å². The molecule has 0 bridgehead atoms. The molecule has 0 aliphatic rings. The van der Waals surface area contributed by atoms with Gasteiger partial charge in [0.1, 0.15) is 31.3 Å². The number of hydrogen-bond donors (Lipinski definition) is 1. The molecule has 2 rings (SSSR count). The third-order valence-corrected chi connectivity index (χ3v) is 6.65. The number of carbonyl (C=O) groups excluding carboxylic acids is 1. The minimum Gasteiger partial charge on any atom is -0.491 e. The van der Waals surface area contributed by atoms with Crippen molar-refractivity contribution in [2.24, 2.45) is 0 Å². The molecule has 0 aromatic heterocycles. The van der Waals surface area contributed by atoms with Gasteiger partial charge in [0.25, 0.3) is 0 Å². The molecule has 0 spiro atoms. The van der Waals surface area contributed by atoms with Crippen LogP contribution in [0.25, 0.3) is 11.1 Å². The molecule has 1 unspecified atom stereocenters. The molecule has 0 aliphatic heterocycles. The predicted octanol–water partition coefficient (Wildman–Crippen LogP) is 5.74. The van der Waals surface area contributed by atoms with Gasteiger partial charge in [0.05, 0.1) is 6.61 Å². The summed E-state index contributed by atoms with van der Waals surface area (Å²) in [5.74, 6) is 1.01. The minimum absolute atomic E-state index is 0.141. The first-order valence-corrected chi connectivity index (χ1v) is 15.2. The van der Waals surface area contributed by atoms with Crippen LogP contribution in [0.5, 0.6) is 11.5 Å². The van der Waals surface area contributed by atoms with Crippen molar-refractivity contribution in [1.82, 2.24) is 9.80 Å². The average molecular weight is 597 g/mol. The van der Waals surface area contributed by atoms with E-state index in [1.165, 1.54) is 31.2 Å². The smallest absolute Gasteiger partial charge is 0.334 e. The van der Waals surface area contributed by atoms with E-state index >= 15 is 0 Å². The maximum atomic E-state index is 12.1. The molecule has 0 fully saturated rings. The second-order valence-electron chi connectivity index (χ2n) is 11.3. The molecule has 0 amide bonds. The quantitative estimate of drug-likeness (QED) is 0.0606. The molecule has 2 aromatic rings. The zero-order valence-corrected chi connectivity index (χ0v) is 26.9. The SMILES string of the molecule is C=C(CN(C)C)C(=O)OCCOc1ccc(CCCCCCC)c(-c2cccc(OCCOC(O)C(=C)CN(C)C)c2)c1. The summed E-state index contributed by atoms with van der Waals surface area (Å²) in [7, 11) is 7.58. The number of rotatable bonds is 22. The van der Waals surface area contributed by atoms with E-state index in [2.05, 4.69) is 32.2 Å². The first-order chi connectivity index (χ1) is 20.6. The number of unbranched alkanes of at least 4 members (excludes halogenated alkanes) is 4. The Labute approximate surface area is 258 Å². The van der Waals surface area contributed by atoms with Crippen LogP contribution < -0.4 is 9.47 Å². The third kappa shape index (κ3) is 14.2. The first-order valence-electron chi connectivity index (χ1n) is 15.2. The average Bonchev–Trinajstić information content (AvgIpc) is 2.97. The van der Waals surface area contributed by atoms with Gasteiger partial charge in [0, 0.05) is 18.7 Å². The highest BCUT2D eigenvalue weighted by Crippen LogP contribution is 2.32. The second kappa shape index (κ2) is 19.9. The summed E-state index contributed by atoms with van der Waals surface area (Å²) in [6.07, 6.45) is 5.99. The summed E-state index contributed by atoms with van der Waals surface area (Å²) in [5, 5.41) is 10.1. The molecular weight excluding hydrogens is 544 g/mol. The Bertz CT molecular complexity index is 1150. The van der Waals surface area contributed by atoms with Crippen molar-refractivity contribution in [3.63, 3.8) is 0 Å². The van der Waals surface area contributed by atoms with Crippen molar-refractivity contribution in [3.8, 4) is 22.6 Å². The molecule has 43 heavy (non-hydrogen) atoms. The van der Waals surface area contributed by atoms with Crippen molar-refractivity contribution >= 4 is 5.97 Å². The van der Waals surface area contributed by atoms with Crippen molar-refractivity contribution in [3.05, 3.63) is 72.3 Å². The lowest BCUT2D eigenvalue weighted by atomic mass is 9.95. The van der Waals surface area contributed by atoms with Gasteiger partial charge in [-0.1, -0.05) is 64.0 Å². The molecule has 1 atom stereocenters. The van der Waals surface area contributed by atoms with Gasteiger partial charge in [-0.2, -0.15) is 0 Å². The summed E-state index contributed by atoms with van der Waals surface area (Å²) >= 11 is 0. The molecule has 238 valence electrons. The lowest BCUT2D eigenvalue weighted by molar-refractivity contribution is -0.139. The molecule has 8 nitrogen and oxygen atoms in total. The Morgan fingerprint density at radius 2 is 1.51 bits per heavy atom. The van der Waals surface area contributed by atoms with E-state index in [-0.39, 0.29) is 19.8 Å². The summed E-state index contributed by atoms with van der Waals surface area (Å²) in [5.41, 5.74) is 4.37. The Morgan fingerprint density at radius 1 is 0.837 bits per heavy atom. The normalized spacial score (nSPS) is 11.9. The van der Waals surface area contributed by atoms with E-state index in [0.29, 0.717) is 42.3 Å². The maximum Gasteiger partial charge on any atom is 0.334 e. The van der Waals surface area contributed by atoms with E-state index in [1.807, 2.05) is 68.3 Å². The highest BCUT2D eigenvalue weighted by molar-refractivity contribution is 5.88. The van der Waals surface area contributed by atoms with Crippen molar-refractivity contribution in [2.45, 2.75) is 51.7 Å². The molecule has 0 aliphatic carbocycles. The number of esters is 1. The highest BCUT2D eigenvalue weighted by atomic mass is 16.6. The lowest BCUT2D eigenvalue weighted by Gasteiger charge is -2.18. The van der Waals surface area contributed by atoms with Crippen LogP contribution in [0.1, 0.15) is 44.6 Å². The zero-order chi connectivity index (χ0) is 31.6. The summed E-state index contributed by atoms with van der Waals surface area (Å²) in [4.78, 5) is 15.9. The molecule has 0 saturated carbocycles. The van der Waals surface area contributed by atoms with Crippen LogP contribution in [0.2, 0.25) is 0 Å². The standard InChI is InChI=1S/C35H52N2O6/c1-8-9-10-11-12-14-29-17-18-32(41-20-22-43-35(39)28(3)26-37(6)7)24-33(29)30-15-13-16-31(23-30)40-19-21-42-34(38)27(2)25-36(4)5/h13,15-18,23-24,34,38H,2-3,8-12,14,19-22,25-26H2,1,4-7H3. The molecular formula is C35H52N2O6. The summed E-state index contributed by atoms with van der Waals surface area (Å²) < 4.78 is 22.7. The van der Waals surface area contributed by atoms with Gasteiger partial charge in [0.2, 0.25) is 0 Å². The molecule has 8 heteroatoms. The van der Waals surface area contributed by atoms with Crippen molar-refractivity contribution in [1.29, 1.82) is 0 Å². The van der Waals surface area contributed by atoms with Crippen LogP contribution in [0.4, 0.5) is 0 Å². The van der Waals surface area contributed by atoms with Crippen molar-refractivity contribution < 1.29 is 28.8 Å². The van der Waals surface area contributed by atoms with Gasteiger partial charge in [-0.25, -0.2) is 4.79 Å². The molecule has 0 radical (unpaired) electrons. The number of nitrogens with zero attached hydrogens (tertiary/aromatic N) is 2. The number of carbonyl (C=O) groups is 1. The fourth-order valence-corrected chi connectivity index (χ4v) is 4.57. The highest BCUT2D eigenvalue weighted by Gasteiger charge is 2.13. The lowest BCUT2D eigenvalue weighted by Crippen LogP contribution is -2.25. The first kappa shape index (κ1) is 36.0. The van der Waals surface area contributed by atoms with Crippen LogP contribution in [-0.2, 0) is 20.7 Å². The van der Waals surface area contributed by atoms with E-state index in [1.54, 1.807) is 0 Å². The fraction of sp³-hybridized carbons (Fsp3) is 0.514. The summed E-state index contributed by atoms with van der Waals surface area (Å²) in [6, 6.07) is 14.1. The monoisotopic (exact) mass is 596 g/mol. The van der Waals surface area contributed by atoms with Gasteiger partial charge in [-0.05, 0) is 87.6 Å². The van der Waals surface area contributed by atoms with E-state index in [0.717, 1.165) is 24.0 Å². The molecule has 1 N–H and O–H groups in total. The number of likely N-dealkylation sites (N-methyl/N-ethyl adjacent to an activating group) is 2. The van der Waals surface area contributed by atoms with Crippen LogP contribution in [-0.4, -0.2) is 94.9 Å². The second-order valence-corrected chi connectivity index (χ2v) is 11.3. The van der Waals surface area contributed by atoms with Gasteiger partial charge in [0.15, 0.2) is 6.29 Å². The zero-order valence-electron chi connectivity index (χ0n) is 26.9. The maximum absolute atomic E-state index is 12.1. The van der Waals surface area contributed by atoms with E-state index in [9.17, 15) is 9.90 Å². The number of ether oxygens (including phenoxy) is 4. The molecule has 0 heterocycles. The Hall–Kier alpha value is -3.17. The van der Waals surface area contributed by atoms with Gasteiger partial charge < -0.3 is 33.9 Å². The number of benzene rings is 2. The van der Waals surface area contributed by atoms with Gasteiger partial charge in [-0.15, -0.1) is 0 Å². The Morgan fingerprint density at radius 3 is 2.21 bits per heavy atom. The molecule has 2 aromatic carbocycles. The van der Waals surface area contributed by atoms with Crippen LogP contribution in [0.15, 0.2) is 66.8 Å².